The van der Waals surface area contributed by atoms with Crippen LogP contribution < -0.4 is 0 Å². The van der Waals surface area contributed by atoms with E-state index in [1.807, 2.05) is 6.92 Å². The number of hydrogen-bond donors (Lipinski definition) is 1. The normalized spacial score (nSPS) is 13.3. The van der Waals surface area contributed by atoms with Gasteiger partial charge in [0.2, 0.25) is 0 Å². The number of aryl methyl sites for hydroxylation is 1. The van der Waals surface area contributed by atoms with E-state index in [4.69, 9.17) is 17.0 Å². The minimum atomic E-state index is 0.267. The molecule has 2 aromatic rings. The third kappa shape index (κ3) is 2.90. The van der Waals surface area contributed by atoms with Gasteiger partial charge >= 0.3 is 0 Å². The molecule has 0 aliphatic rings. The van der Waals surface area contributed by atoms with Crippen molar-refractivity contribution in [2.45, 2.75) is 33.7 Å². The smallest absolute Gasteiger partial charge is 0.178 e. The summed E-state index contributed by atoms with van der Waals surface area (Å²) in [6.07, 6.45) is 0. The number of aromatic amines is 1. The summed E-state index contributed by atoms with van der Waals surface area (Å²) in [7, 11) is 0. The number of hydrogen-bond acceptors (Lipinski definition) is 2. The summed E-state index contributed by atoms with van der Waals surface area (Å²) >= 11 is 5.49. The van der Waals surface area contributed by atoms with E-state index < -0.39 is 0 Å². The molecule has 0 fully saturated rings. The third-order valence-electron chi connectivity index (χ3n) is 3.47. The summed E-state index contributed by atoms with van der Waals surface area (Å²) in [5.74, 6) is 0.470. The molecule has 104 valence electrons. The monoisotopic (exact) mass is 278 g/mol. The Morgan fingerprint density at radius 3 is 2.74 bits per heavy atom. The maximum absolute atomic E-state index is 5.63. The SMILES string of the molecule is CCOCC(C(C)C)n1c(=S)[nH]c2ccc(C)cc21. The van der Waals surface area contributed by atoms with Gasteiger partial charge in [-0.2, -0.15) is 0 Å². The van der Waals surface area contributed by atoms with Crippen LogP contribution >= 0.6 is 12.2 Å². The Hall–Kier alpha value is -1.13. The van der Waals surface area contributed by atoms with Crippen LogP contribution in [0.5, 0.6) is 0 Å². The van der Waals surface area contributed by atoms with E-state index in [1.54, 1.807) is 0 Å². The minimum absolute atomic E-state index is 0.267. The highest BCUT2D eigenvalue weighted by atomic mass is 32.1. The number of rotatable bonds is 5. The van der Waals surface area contributed by atoms with Crippen LogP contribution in [0.25, 0.3) is 11.0 Å². The summed E-state index contributed by atoms with van der Waals surface area (Å²) in [6.45, 7) is 9.98. The molecular formula is C15H22N2OS. The average molecular weight is 278 g/mol. The van der Waals surface area contributed by atoms with E-state index in [2.05, 4.69) is 48.5 Å². The number of nitrogens with zero attached hydrogens (tertiary/aromatic N) is 1. The number of imidazole rings is 1. The van der Waals surface area contributed by atoms with E-state index in [0.717, 1.165) is 16.9 Å². The Bertz CT molecular complexity index is 612. The van der Waals surface area contributed by atoms with Gasteiger partial charge in [0.15, 0.2) is 4.77 Å². The van der Waals surface area contributed by atoms with Crippen LogP contribution in [0.4, 0.5) is 0 Å². The van der Waals surface area contributed by atoms with Gasteiger partial charge in [0, 0.05) is 6.61 Å². The molecule has 4 heteroatoms. The topological polar surface area (TPSA) is 29.9 Å². The lowest BCUT2D eigenvalue weighted by atomic mass is 10.0. The van der Waals surface area contributed by atoms with Gasteiger partial charge in [-0.3, -0.25) is 0 Å². The third-order valence-corrected chi connectivity index (χ3v) is 3.77. The maximum atomic E-state index is 5.63. The Balaban J connectivity index is 2.54. The molecule has 1 heterocycles. The highest BCUT2D eigenvalue weighted by molar-refractivity contribution is 7.71. The second-order valence-electron chi connectivity index (χ2n) is 5.29. The van der Waals surface area contributed by atoms with Gasteiger partial charge in [0.05, 0.1) is 23.7 Å². The minimum Gasteiger partial charge on any atom is -0.380 e. The lowest BCUT2D eigenvalue weighted by Crippen LogP contribution is -2.21. The van der Waals surface area contributed by atoms with Gasteiger partial charge in [0.25, 0.3) is 0 Å². The lowest BCUT2D eigenvalue weighted by Gasteiger charge is -2.23. The molecule has 1 aromatic carbocycles. The van der Waals surface area contributed by atoms with Crippen molar-refractivity contribution in [3.05, 3.63) is 28.5 Å². The Morgan fingerprint density at radius 2 is 2.11 bits per heavy atom. The summed E-state index contributed by atoms with van der Waals surface area (Å²) < 4.78 is 8.62. The van der Waals surface area contributed by atoms with Crippen molar-refractivity contribution in [1.82, 2.24) is 9.55 Å². The van der Waals surface area contributed by atoms with Crippen molar-refractivity contribution in [1.29, 1.82) is 0 Å². The largest absolute Gasteiger partial charge is 0.380 e. The number of aromatic nitrogens is 2. The van der Waals surface area contributed by atoms with Crippen molar-refractivity contribution in [3.63, 3.8) is 0 Å². The van der Waals surface area contributed by atoms with Crippen LogP contribution in [0.2, 0.25) is 0 Å². The van der Waals surface area contributed by atoms with Crippen LogP contribution in [0, 0.1) is 17.6 Å². The summed E-state index contributed by atoms with van der Waals surface area (Å²) in [6, 6.07) is 6.64. The molecule has 0 radical (unpaired) electrons. The van der Waals surface area contributed by atoms with Gasteiger partial charge in [-0.25, -0.2) is 0 Å². The summed E-state index contributed by atoms with van der Waals surface area (Å²) in [5, 5.41) is 0. The van der Waals surface area contributed by atoms with Crippen LogP contribution in [0.3, 0.4) is 0 Å². The Morgan fingerprint density at radius 1 is 1.37 bits per heavy atom. The lowest BCUT2D eigenvalue weighted by molar-refractivity contribution is 0.0974. The fourth-order valence-corrected chi connectivity index (χ4v) is 2.71. The number of nitrogens with one attached hydrogen (secondary N) is 1. The standard InChI is InChI=1S/C15H22N2OS/c1-5-18-9-14(10(2)3)17-13-8-11(4)6-7-12(13)16-15(17)19/h6-8,10,14H,5,9H2,1-4H3,(H,16,19). The first-order chi connectivity index (χ1) is 9.04. The molecule has 0 saturated heterocycles. The second kappa shape index (κ2) is 5.88. The molecule has 2 rings (SSSR count). The van der Waals surface area contributed by atoms with Crippen LogP contribution in [-0.4, -0.2) is 22.8 Å². The molecule has 0 saturated carbocycles. The number of H-pyrrole nitrogens is 1. The summed E-state index contributed by atoms with van der Waals surface area (Å²) in [5.41, 5.74) is 3.51. The molecule has 1 atom stereocenters. The molecule has 3 nitrogen and oxygen atoms in total. The highest BCUT2D eigenvalue weighted by Crippen LogP contribution is 2.25. The van der Waals surface area contributed by atoms with Crippen LogP contribution in [0.15, 0.2) is 18.2 Å². The number of ether oxygens (including phenoxy) is 1. The van der Waals surface area contributed by atoms with Gasteiger partial charge in [-0.15, -0.1) is 0 Å². The number of benzene rings is 1. The molecule has 1 unspecified atom stereocenters. The molecule has 0 aliphatic carbocycles. The van der Waals surface area contributed by atoms with Crippen LogP contribution in [0.1, 0.15) is 32.4 Å². The van der Waals surface area contributed by atoms with E-state index in [1.165, 1.54) is 11.1 Å². The van der Waals surface area contributed by atoms with Crippen molar-refractivity contribution < 1.29 is 4.74 Å². The van der Waals surface area contributed by atoms with E-state index in [-0.39, 0.29) is 6.04 Å². The Labute approximate surface area is 119 Å². The molecule has 1 N–H and O–H groups in total. The predicted molar refractivity (Wildman–Crippen MR) is 82.2 cm³/mol. The zero-order valence-electron chi connectivity index (χ0n) is 12.1. The van der Waals surface area contributed by atoms with Crippen LogP contribution in [-0.2, 0) is 4.74 Å². The van der Waals surface area contributed by atoms with Crippen molar-refractivity contribution in [2.75, 3.05) is 13.2 Å². The zero-order chi connectivity index (χ0) is 14.0. The summed E-state index contributed by atoms with van der Waals surface area (Å²) in [4.78, 5) is 3.29. The molecule has 1 aromatic heterocycles. The molecule has 0 bridgehead atoms. The quantitative estimate of drug-likeness (QED) is 0.829. The van der Waals surface area contributed by atoms with Crippen molar-refractivity contribution >= 4 is 23.3 Å². The molecule has 19 heavy (non-hydrogen) atoms. The maximum Gasteiger partial charge on any atom is 0.178 e. The fourth-order valence-electron chi connectivity index (χ4n) is 2.36. The predicted octanol–water partition coefficient (Wildman–Crippen LogP) is 4.24. The first-order valence-corrected chi connectivity index (χ1v) is 7.24. The van der Waals surface area contributed by atoms with Crippen molar-refractivity contribution in [2.24, 2.45) is 5.92 Å². The fraction of sp³-hybridized carbons (Fsp3) is 0.533. The molecular weight excluding hydrogens is 256 g/mol. The first kappa shape index (κ1) is 14.3. The highest BCUT2D eigenvalue weighted by Gasteiger charge is 2.19. The molecule has 0 aliphatic heterocycles. The average Bonchev–Trinajstić information content (AvgIpc) is 2.66. The van der Waals surface area contributed by atoms with E-state index in [9.17, 15) is 0 Å². The van der Waals surface area contributed by atoms with Crippen molar-refractivity contribution in [3.8, 4) is 0 Å². The second-order valence-corrected chi connectivity index (χ2v) is 5.68. The van der Waals surface area contributed by atoms with Gasteiger partial charge in [-0.05, 0) is 49.7 Å². The first-order valence-electron chi connectivity index (χ1n) is 6.83. The van der Waals surface area contributed by atoms with E-state index >= 15 is 0 Å². The van der Waals surface area contributed by atoms with Gasteiger partial charge < -0.3 is 14.3 Å². The number of fused-ring (bicyclic) bond motifs is 1. The zero-order valence-corrected chi connectivity index (χ0v) is 12.9. The van der Waals surface area contributed by atoms with E-state index in [0.29, 0.717) is 12.5 Å². The molecule has 0 amide bonds. The molecule has 0 spiro atoms. The van der Waals surface area contributed by atoms with Gasteiger partial charge in [-0.1, -0.05) is 19.9 Å². The van der Waals surface area contributed by atoms with Gasteiger partial charge in [0.1, 0.15) is 0 Å². The Kier molecular flexibility index (Phi) is 4.42.